The summed E-state index contributed by atoms with van der Waals surface area (Å²) in [5.41, 5.74) is 1.20. The summed E-state index contributed by atoms with van der Waals surface area (Å²) in [5.74, 6) is 1.00. The first-order chi connectivity index (χ1) is 9.63. The summed E-state index contributed by atoms with van der Waals surface area (Å²) in [6.07, 6.45) is 3.50. The third-order valence-electron chi connectivity index (χ3n) is 3.45. The molecule has 0 bridgehead atoms. The number of para-hydroxylation sites is 1. The monoisotopic (exact) mass is 279 g/mol. The average molecular weight is 279 g/mol. The van der Waals surface area contributed by atoms with Crippen molar-refractivity contribution in [2.24, 2.45) is 0 Å². The van der Waals surface area contributed by atoms with Crippen LogP contribution in [0.2, 0.25) is 0 Å². The molecular formula is C17H29NO2. The summed E-state index contributed by atoms with van der Waals surface area (Å²) >= 11 is 0. The largest absolute Gasteiger partial charge is 0.490 e. The number of ether oxygens (including phenoxy) is 2. The Labute approximate surface area is 123 Å². The molecule has 0 aliphatic carbocycles. The molecule has 0 saturated carbocycles. The molecule has 0 heterocycles. The second-order valence-electron chi connectivity index (χ2n) is 5.47. The molecule has 0 saturated heterocycles. The fourth-order valence-electron chi connectivity index (χ4n) is 2.12. The van der Waals surface area contributed by atoms with E-state index in [1.54, 1.807) is 7.11 Å². The van der Waals surface area contributed by atoms with Gasteiger partial charge in [-0.3, -0.25) is 0 Å². The van der Waals surface area contributed by atoms with Gasteiger partial charge >= 0.3 is 0 Å². The predicted molar refractivity (Wildman–Crippen MR) is 84.5 cm³/mol. The van der Waals surface area contributed by atoms with E-state index in [9.17, 15) is 0 Å². The van der Waals surface area contributed by atoms with Gasteiger partial charge in [0.2, 0.25) is 0 Å². The van der Waals surface area contributed by atoms with Gasteiger partial charge in [-0.1, -0.05) is 18.2 Å². The standard InChI is InChI=1S/C17H29NO2/c1-14-8-5-6-9-17(14)20-16(3)11-10-15(2)18-12-7-13-19-4/h5-6,8-9,15-16,18H,7,10-13H2,1-4H3/t15-,16+/m1/s1. The van der Waals surface area contributed by atoms with Crippen LogP contribution in [0, 0.1) is 6.92 Å². The van der Waals surface area contributed by atoms with Crippen LogP contribution < -0.4 is 10.1 Å². The minimum atomic E-state index is 0.249. The van der Waals surface area contributed by atoms with E-state index in [1.807, 2.05) is 18.2 Å². The Balaban J connectivity index is 2.19. The fourth-order valence-corrected chi connectivity index (χ4v) is 2.12. The van der Waals surface area contributed by atoms with Gasteiger partial charge in [0.15, 0.2) is 0 Å². The zero-order chi connectivity index (χ0) is 14.8. The highest BCUT2D eigenvalue weighted by atomic mass is 16.5. The Bertz CT molecular complexity index is 368. The van der Waals surface area contributed by atoms with Crippen LogP contribution in [0.5, 0.6) is 5.75 Å². The molecule has 1 aromatic rings. The van der Waals surface area contributed by atoms with Crippen LogP contribution in [0.1, 0.15) is 38.7 Å². The Kier molecular flexibility index (Phi) is 8.31. The maximum absolute atomic E-state index is 5.99. The Morgan fingerprint density at radius 1 is 1.15 bits per heavy atom. The molecule has 3 nitrogen and oxygen atoms in total. The minimum Gasteiger partial charge on any atom is -0.490 e. The molecule has 1 aromatic carbocycles. The highest BCUT2D eigenvalue weighted by Crippen LogP contribution is 2.19. The molecular weight excluding hydrogens is 250 g/mol. The number of benzene rings is 1. The molecule has 0 fully saturated rings. The van der Waals surface area contributed by atoms with E-state index >= 15 is 0 Å². The van der Waals surface area contributed by atoms with Crippen molar-refractivity contribution >= 4 is 0 Å². The van der Waals surface area contributed by atoms with Gasteiger partial charge in [-0.2, -0.15) is 0 Å². The van der Waals surface area contributed by atoms with Crippen molar-refractivity contribution in [3.63, 3.8) is 0 Å². The van der Waals surface area contributed by atoms with Gasteiger partial charge in [0.25, 0.3) is 0 Å². The summed E-state index contributed by atoms with van der Waals surface area (Å²) in [5, 5.41) is 3.51. The molecule has 0 unspecified atom stereocenters. The van der Waals surface area contributed by atoms with E-state index in [1.165, 1.54) is 5.56 Å². The first-order valence-electron chi connectivity index (χ1n) is 7.58. The van der Waals surface area contributed by atoms with Gasteiger partial charge < -0.3 is 14.8 Å². The summed E-state index contributed by atoms with van der Waals surface area (Å²) in [7, 11) is 1.74. The number of hydrogen-bond donors (Lipinski definition) is 1. The summed E-state index contributed by atoms with van der Waals surface area (Å²) < 4.78 is 11.0. The molecule has 0 aliphatic rings. The number of nitrogens with one attached hydrogen (secondary N) is 1. The van der Waals surface area contributed by atoms with E-state index in [4.69, 9.17) is 9.47 Å². The Morgan fingerprint density at radius 3 is 2.60 bits per heavy atom. The minimum absolute atomic E-state index is 0.249. The molecule has 1 rings (SSSR count). The number of aryl methyl sites for hydroxylation is 1. The number of hydrogen-bond acceptors (Lipinski definition) is 3. The molecule has 3 heteroatoms. The second-order valence-corrected chi connectivity index (χ2v) is 5.47. The topological polar surface area (TPSA) is 30.5 Å². The van der Waals surface area contributed by atoms with Gasteiger partial charge in [-0.15, -0.1) is 0 Å². The Morgan fingerprint density at radius 2 is 1.90 bits per heavy atom. The zero-order valence-electron chi connectivity index (χ0n) is 13.3. The van der Waals surface area contributed by atoms with Crippen molar-refractivity contribution in [3.8, 4) is 5.75 Å². The van der Waals surface area contributed by atoms with Crippen LogP contribution in [0.15, 0.2) is 24.3 Å². The van der Waals surface area contributed by atoms with Crippen LogP contribution in [0.25, 0.3) is 0 Å². The molecule has 0 spiro atoms. The number of rotatable bonds is 10. The molecule has 1 N–H and O–H groups in total. The van der Waals surface area contributed by atoms with Gasteiger partial charge in [0.05, 0.1) is 6.10 Å². The van der Waals surface area contributed by atoms with Crippen molar-refractivity contribution in [1.29, 1.82) is 0 Å². The third-order valence-corrected chi connectivity index (χ3v) is 3.45. The molecule has 114 valence electrons. The smallest absolute Gasteiger partial charge is 0.122 e. The van der Waals surface area contributed by atoms with Crippen LogP contribution in [-0.4, -0.2) is 32.4 Å². The second kappa shape index (κ2) is 9.78. The van der Waals surface area contributed by atoms with Crippen molar-refractivity contribution in [2.45, 2.75) is 52.2 Å². The van der Waals surface area contributed by atoms with Crippen molar-refractivity contribution in [3.05, 3.63) is 29.8 Å². The lowest BCUT2D eigenvalue weighted by atomic mass is 10.1. The SMILES string of the molecule is COCCCN[C@H](C)CC[C@H](C)Oc1ccccc1C. The first kappa shape index (κ1) is 17.0. The van der Waals surface area contributed by atoms with Gasteiger partial charge in [-0.25, -0.2) is 0 Å². The Hall–Kier alpha value is -1.06. The molecule has 20 heavy (non-hydrogen) atoms. The lowest BCUT2D eigenvalue weighted by molar-refractivity contribution is 0.189. The van der Waals surface area contributed by atoms with Crippen molar-refractivity contribution < 1.29 is 9.47 Å². The third kappa shape index (κ3) is 6.92. The predicted octanol–water partition coefficient (Wildman–Crippen LogP) is 3.56. The molecule has 0 aliphatic heterocycles. The fraction of sp³-hybridized carbons (Fsp3) is 0.647. The quantitative estimate of drug-likeness (QED) is 0.664. The van der Waals surface area contributed by atoms with Crippen LogP contribution in [0.3, 0.4) is 0 Å². The highest BCUT2D eigenvalue weighted by molar-refractivity contribution is 5.31. The van der Waals surface area contributed by atoms with E-state index < -0.39 is 0 Å². The normalized spacial score (nSPS) is 14.0. The van der Waals surface area contributed by atoms with E-state index in [0.717, 1.165) is 38.2 Å². The van der Waals surface area contributed by atoms with E-state index in [2.05, 4.69) is 32.2 Å². The molecule has 2 atom stereocenters. The number of methoxy groups -OCH3 is 1. The van der Waals surface area contributed by atoms with Crippen molar-refractivity contribution in [1.82, 2.24) is 5.32 Å². The van der Waals surface area contributed by atoms with Crippen LogP contribution in [0.4, 0.5) is 0 Å². The summed E-state index contributed by atoms with van der Waals surface area (Å²) in [4.78, 5) is 0. The van der Waals surface area contributed by atoms with Crippen LogP contribution >= 0.6 is 0 Å². The molecule has 0 radical (unpaired) electrons. The van der Waals surface area contributed by atoms with Crippen molar-refractivity contribution in [2.75, 3.05) is 20.3 Å². The average Bonchev–Trinajstić information content (AvgIpc) is 2.44. The van der Waals surface area contributed by atoms with Gasteiger partial charge in [-0.05, 0) is 58.2 Å². The van der Waals surface area contributed by atoms with E-state index in [-0.39, 0.29) is 6.10 Å². The zero-order valence-corrected chi connectivity index (χ0v) is 13.3. The maximum Gasteiger partial charge on any atom is 0.122 e. The summed E-state index contributed by atoms with van der Waals surface area (Å²) in [6, 6.07) is 8.71. The van der Waals surface area contributed by atoms with Crippen LogP contribution in [-0.2, 0) is 4.74 Å². The molecule has 0 amide bonds. The van der Waals surface area contributed by atoms with Gasteiger partial charge in [0, 0.05) is 19.8 Å². The lowest BCUT2D eigenvalue weighted by Gasteiger charge is -2.19. The molecule has 0 aromatic heterocycles. The summed E-state index contributed by atoms with van der Waals surface area (Å²) in [6.45, 7) is 8.30. The first-order valence-corrected chi connectivity index (χ1v) is 7.58. The van der Waals surface area contributed by atoms with E-state index in [0.29, 0.717) is 6.04 Å². The highest BCUT2D eigenvalue weighted by Gasteiger charge is 2.08. The van der Waals surface area contributed by atoms with Gasteiger partial charge in [0.1, 0.15) is 5.75 Å². The maximum atomic E-state index is 5.99. The lowest BCUT2D eigenvalue weighted by Crippen LogP contribution is -2.29.